The highest BCUT2D eigenvalue weighted by Crippen LogP contribution is 2.21. The van der Waals surface area contributed by atoms with Gasteiger partial charge in [0.2, 0.25) is 11.8 Å². The van der Waals surface area contributed by atoms with Crippen LogP contribution in [0.25, 0.3) is 0 Å². The van der Waals surface area contributed by atoms with Crippen molar-refractivity contribution in [2.24, 2.45) is 0 Å². The monoisotopic (exact) mass is 268 g/mol. The number of amides is 2. The van der Waals surface area contributed by atoms with Gasteiger partial charge in [0.15, 0.2) is 0 Å². The van der Waals surface area contributed by atoms with Crippen molar-refractivity contribution in [2.45, 2.75) is 31.8 Å². The first-order valence-corrected chi connectivity index (χ1v) is 6.02. The van der Waals surface area contributed by atoms with Crippen LogP contribution in [0.2, 0.25) is 0 Å². The third-order valence-corrected chi connectivity index (χ3v) is 3.12. The Hall–Kier alpha value is -1.82. The molecule has 2 atom stereocenters. The Bertz CT molecular complexity index is 499. The molecule has 1 aliphatic heterocycles. The lowest BCUT2D eigenvalue weighted by atomic mass is 10.0. The van der Waals surface area contributed by atoms with Gasteiger partial charge in [0.05, 0.1) is 6.04 Å². The van der Waals surface area contributed by atoms with Crippen LogP contribution >= 0.6 is 0 Å². The van der Waals surface area contributed by atoms with Crippen molar-refractivity contribution in [3.05, 3.63) is 35.4 Å². The molecule has 1 aromatic rings. The van der Waals surface area contributed by atoms with Crippen molar-refractivity contribution in [1.82, 2.24) is 10.6 Å². The zero-order chi connectivity index (χ0) is 14.0. The van der Waals surface area contributed by atoms with Gasteiger partial charge in [-0.05, 0) is 25.5 Å². The van der Waals surface area contributed by atoms with Gasteiger partial charge in [-0.3, -0.25) is 20.2 Å². The zero-order valence-corrected chi connectivity index (χ0v) is 10.4. The van der Waals surface area contributed by atoms with Crippen LogP contribution in [0.15, 0.2) is 18.2 Å². The minimum Gasteiger partial charge on any atom is -0.299 e. The molecule has 2 unspecified atom stereocenters. The van der Waals surface area contributed by atoms with Crippen molar-refractivity contribution >= 4 is 11.8 Å². The number of nitrogens with one attached hydrogen (secondary N) is 2. The van der Waals surface area contributed by atoms with Gasteiger partial charge >= 0.3 is 0 Å². The van der Waals surface area contributed by atoms with Gasteiger partial charge in [0, 0.05) is 18.0 Å². The molecule has 1 aromatic carbocycles. The molecule has 4 nitrogen and oxygen atoms in total. The Balaban J connectivity index is 2.11. The number of rotatable bonds is 3. The standard InChI is InChI=1S/C13H14F2N2O2/c1-7(12-8(14)3-2-4-9(12)15)16-10-5-6-11(18)17-13(10)19/h2-4,7,10,16H,5-6H2,1H3,(H,17,18,19). The van der Waals surface area contributed by atoms with Crippen molar-refractivity contribution in [1.29, 1.82) is 0 Å². The van der Waals surface area contributed by atoms with E-state index in [0.717, 1.165) is 0 Å². The first kappa shape index (κ1) is 13.6. The maximum Gasteiger partial charge on any atom is 0.243 e. The first-order chi connectivity index (χ1) is 8.99. The van der Waals surface area contributed by atoms with E-state index in [4.69, 9.17) is 0 Å². The molecule has 2 amide bonds. The molecule has 1 heterocycles. The number of hydrogen-bond donors (Lipinski definition) is 2. The average Bonchev–Trinajstić information content (AvgIpc) is 2.32. The summed E-state index contributed by atoms with van der Waals surface area (Å²) >= 11 is 0. The summed E-state index contributed by atoms with van der Waals surface area (Å²) in [6.45, 7) is 1.57. The largest absolute Gasteiger partial charge is 0.299 e. The smallest absolute Gasteiger partial charge is 0.243 e. The van der Waals surface area contributed by atoms with Gasteiger partial charge in [-0.15, -0.1) is 0 Å². The second-order valence-corrected chi connectivity index (χ2v) is 4.53. The van der Waals surface area contributed by atoms with E-state index in [1.54, 1.807) is 6.92 Å². The lowest BCUT2D eigenvalue weighted by molar-refractivity contribution is -0.134. The highest BCUT2D eigenvalue weighted by Gasteiger charge is 2.29. The molecule has 1 fully saturated rings. The molecule has 1 aliphatic rings. The van der Waals surface area contributed by atoms with Crippen LogP contribution in [-0.2, 0) is 9.59 Å². The van der Waals surface area contributed by atoms with Gasteiger partial charge in [0.1, 0.15) is 11.6 Å². The second-order valence-electron chi connectivity index (χ2n) is 4.53. The normalized spacial score (nSPS) is 21.1. The second kappa shape index (κ2) is 5.44. The molecule has 102 valence electrons. The zero-order valence-electron chi connectivity index (χ0n) is 10.4. The summed E-state index contributed by atoms with van der Waals surface area (Å²) in [5, 5.41) is 5.03. The quantitative estimate of drug-likeness (QED) is 0.815. The van der Waals surface area contributed by atoms with Crippen LogP contribution in [-0.4, -0.2) is 17.9 Å². The van der Waals surface area contributed by atoms with Gasteiger partial charge in [-0.25, -0.2) is 8.78 Å². The average molecular weight is 268 g/mol. The molecule has 0 spiro atoms. The number of carbonyl (C=O) groups is 2. The van der Waals surface area contributed by atoms with Crippen LogP contribution in [0.1, 0.15) is 31.4 Å². The predicted molar refractivity (Wildman–Crippen MR) is 64.1 cm³/mol. The predicted octanol–water partition coefficient (Wildman–Crippen LogP) is 1.42. The number of carbonyl (C=O) groups excluding carboxylic acids is 2. The fraction of sp³-hybridized carbons (Fsp3) is 0.385. The Morgan fingerprint density at radius 3 is 2.53 bits per heavy atom. The van der Waals surface area contributed by atoms with E-state index in [2.05, 4.69) is 10.6 Å². The fourth-order valence-corrected chi connectivity index (χ4v) is 2.16. The number of benzene rings is 1. The maximum atomic E-state index is 13.6. The van der Waals surface area contributed by atoms with E-state index in [-0.39, 0.29) is 17.9 Å². The van der Waals surface area contributed by atoms with Crippen LogP contribution in [0, 0.1) is 11.6 Å². The van der Waals surface area contributed by atoms with E-state index < -0.39 is 29.6 Å². The van der Waals surface area contributed by atoms with Crippen LogP contribution in [0.3, 0.4) is 0 Å². The molecule has 2 rings (SSSR count). The molecule has 6 heteroatoms. The molecule has 0 aliphatic carbocycles. The van der Waals surface area contributed by atoms with E-state index >= 15 is 0 Å². The van der Waals surface area contributed by atoms with Crippen molar-refractivity contribution in [3.8, 4) is 0 Å². The van der Waals surface area contributed by atoms with Crippen LogP contribution in [0.5, 0.6) is 0 Å². The Labute approximate surface area is 109 Å². The summed E-state index contributed by atoms with van der Waals surface area (Å²) in [6.07, 6.45) is 0.543. The summed E-state index contributed by atoms with van der Waals surface area (Å²) < 4.78 is 27.2. The molecule has 0 bridgehead atoms. The summed E-state index contributed by atoms with van der Waals surface area (Å²) in [7, 11) is 0. The summed E-state index contributed by atoms with van der Waals surface area (Å²) in [6, 6.07) is 2.34. The molecule has 1 saturated heterocycles. The Kier molecular flexibility index (Phi) is 3.90. The minimum atomic E-state index is -0.662. The minimum absolute atomic E-state index is 0.104. The topological polar surface area (TPSA) is 58.2 Å². The van der Waals surface area contributed by atoms with Gasteiger partial charge in [-0.2, -0.15) is 0 Å². The Morgan fingerprint density at radius 1 is 1.32 bits per heavy atom. The lowest BCUT2D eigenvalue weighted by Crippen LogP contribution is -2.51. The molecule has 2 N–H and O–H groups in total. The third kappa shape index (κ3) is 2.96. The molecular weight excluding hydrogens is 254 g/mol. The maximum absolute atomic E-state index is 13.6. The first-order valence-electron chi connectivity index (χ1n) is 6.02. The van der Waals surface area contributed by atoms with Gasteiger partial charge < -0.3 is 0 Å². The number of halogens is 2. The van der Waals surface area contributed by atoms with E-state index in [1.165, 1.54) is 18.2 Å². The van der Waals surface area contributed by atoms with E-state index in [1.807, 2.05) is 0 Å². The van der Waals surface area contributed by atoms with Gasteiger partial charge in [0.25, 0.3) is 0 Å². The van der Waals surface area contributed by atoms with E-state index in [9.17, 15) is 18.4 Å². The highest BCUT2D eigenvalue weighted by atomic mass is 19.1. The highest BCUT2D eigenvalue weighted by molar-refractivity contribution is 6.00. The number of piperidine rings is 1. The summed E-state index contributed by atoms with van der Waals surface area (Å²) in [4.78, 5) is 22.6. The van der Waals surface area contributed by atoms with Gasteiger partial charge in [-0.1, -0.05) is 6.07 Å². The lowest BCUT2D eigenvalue weighted by Gasteiger charge is -2.26. The molecule has 0 radical (unpaired) electrons. The van der Waals surface area contributed by atoms with E-state index in [0.29, 0.717) is 6.42 Å². The van der Waals surface area contributed by atoms with Crippen molar-refractivity contribution < 1.29 is 18.4 Å². The SMILES string of the molecule is CC(NC1CCC(=O)NC1=O)c1c(F)cccc1F. The van der Waals surface area contributed by atoms with Crippen molar-refractivity contribution in [3.63, 3.8) is 0 Å². The summed E-state index contributed by atoms with van der Waals surface area (Å²) in [5.41, 5.74) is -0.104. The molecule has 19 heavy (non-hydrogen) atoms. The van der Waals surface area contributed by atoms with Crippen LogP contribution in [0.4, 0.5) is 8.78 Å². The third-order valence-electron chi connectivity index (χ3n) is 3.12. The fourth-order valence-electron chi connectivity index (χ4n) is 2.16. The molecule has 0 aromatic heterocycles. The Morgan fingerprint density at radius 2 is 1.95 bits per heavy atom. The van der Waals surface area contributed by atoms with Crippen molar-refractivity contribution in [2.75, 3.05) is 0 Å². The molecular formula is C13H14F2N2O2. The molecule has 0 saturated carbocycles. The number of imide groups is 1. The van der Waals surface area contributed by atoms with Crippen LogP contribution < -0.4 is 10.6 Å². The number of hydrogen-bond acceptors (Lipinski definition) is 3. The summed E-state index contributed by atoms with van der Waals surface area (Å²) in [5.74, 6) is -2.10.